The molecule has 5 nitrogen and oxygen atoms in total. The molecule has 0 aliphatic rings. The summed E-state index contributed by atoms with van der Waals surface area (Å²) in [5, 5.41) is 0.678. The highest BCUT2D eigenvalue weighted by molar-refractivity contribution is 7.98. The number of rotatable bonds is 3. The first-order valence-electron chi connectivity index (χ1n) is 5.84. The van der Waals surface area contributed by atoms with E-state index in [4.69, 9.17) is 0 Å². The van der Waals surface area contributed by atoms with Crippen LogP contribution in [-0.4, -0.2) is 19.9 Å². The second kappa shape index (κ2) is 4.89. The Hall–Kier alpha value is -2.08. The molecule has 0 saturated heterocycles. The zero-order chi connectivity index (χ0) is 13.2. The highest BCUT2D eigenvalue weighted by Gasteiger charge is 2.08. The molecule has 0 atom stereocenters. The lowest BCUT2D eigenvalue weighted by atomic mass is 10.2. The van der Waals surface area contributed by atoms with Crippen LogP contribution < -0.4 is 5.69 Å². The lowest BCUT2D eigenvalue weighted by Gasteiger charge is -2.02. The average molecular weight is 272 g/mol. The van der Waals surface area contributed by atoms with E-state index in [2.05, 4.69) is 51.1 Å². The zero-order valence-electron chi connectivity index (χ0n) is 10.3. The molecule has 0 fully saturated rings. The summed E-state index contributed by atoms with van der Waals surface area (Å²) in [6.07, 6.45) is 1.55. The lowest BCUT2D eigenvalue weighted by molar-refractivity contribution is 1.01. The van der Waals surface area contributed by atoms with E-state index in [1.54, 1.807) is 6.33 Å². The molecule has 2 aromatic heterocycles. The third-order valence-electron chi connectivity index (χ3n) is 2.78. The van der Waals surface area contributed by atoms with E-state index in [0.717, 1.165) is 11.3 Å². The van der Waals surface area contributed by atoms with Gasteiger partial charge >= 0.3 is 5.69 Å². The number of aromatic nitrogens is 4. The number of nitrogens with zero attached hydrogens (tertiary/aromatic N) is 2. The molecule has 0 bridgehead atoms. The maximum atomic E-state index is 11.4. The second-order valence-corrected chi connectivity index (χ2v) is 5.21. The summed E-state index contributed by atoms with van der Waals surface area (Å²) in [5.41, 5.74) is 3.39. The highest BCUT2D eigenvalue weighted by atomic mass is 32.2. The molecule has 3 rings (SSSR count). The fourth-order valence-electron chi connectivity index (χ4n) is 1.77. The topological polar surface area (TPSA) is 74.4 Å². The zero-order valence-corrected chi connectivity index (χ0v) is 11.1. The molecular weight excluding hydrogens is 260 g/mol. The van der Waals surface area contributed by atoms with Crippen LogP contribution in [0.1, 0.15) is 11.1 Å². The predicted molar refractivity (Wildman–Crippen MR) is 75.2 cm³/mol. The third kappa shape index (κ3) is 2.53. The van der Waals surface area contributed by atoms with E-state index in [1.807, 2.05) is 0 Å². The Bertz CT molecular complexity index is 760. The quantitative estimate of drug-likeness (QED) is 0.566. The smallest absolute Gasteiger partial charge is 0.341 e. The molecule has 0 saturated carbocycles. The maximum absolute atomic E-state index is 11.4. The van der Waals surface area contributed by atoms with Crippen LogP contribution in [0.5, 0.6) is 0 Å². The van der Waals surface area contributed by atoms with Gasteiger partial charge in [0.2, 0.25) is 0 Å². The van der Waals surface area contributed by atoms with Crippen LogP contribution in [0.2, 0.25) is 0 Å². The molecule has 0 aliphatic heterocycles. The summed E-state index contributed by atoms with van der Waals surface area (Å²) in [4.78, 5) is 25.0. The summed E-state index contributed by atoms with van der Waals surface area (Å²) in [7, 11) is 0. The Labute approximate surface area is 113 Å². The van der Waals surface area contributed by atoms with Gasteiger partial charge in [-0.25, -0.2) is 9.78 Å². The van der Waals surface area contributed by atoms with Crippen molar-refractivity contribution in [2.75, 3.05) is 0 Å². The second-order valence-electron chi connectivity index (χ2n) is 4.25. The Morgan fingerprint density at radius 1 is 1.26 bits per heavy atom. The first-order chi connectivity index (χ1) is 9.22. The van der Waals surface area contributed by atoms with Gasteiger partial charge in [0, 0.05) is 5.75 Å². The monoisotopic (exact) mass is 272 g/mol. The Kier molecular flexibility index (Phi) is 3.08. The van der Waals surface area contributed by atoms with Crippen molar-refractivity contribution < 1.29 is 0 Å². The van der Waals surface area contributed by atoms with E-state index in [-0.39, 0.29) is 5.69 Å². The molecule has 0 spiro atoms. The van der Waals surface area contributed by atoms with Crippen LogP contribution >= 0.6 is 11.8 Å². The van der Waals surface area contributed by atoms with Crippen molar-refractivity contribution in [3.63, 3.8) is 0 Å². The van der Waals surface area contributed by atoms with Gasteiger partial charge in [0.1, 0.15) is 10.5 Å². The number of aromatic amines is 2. The van der Waals surface area contributed by atoms with E-state index < -0.39 is 0 Å². The van der Waals surface area contributed by atoms with E-state index in [0.29, 0.717) is 10.7 Å². The van der Waals surface area contributed by atoms with Crippen molar-refractivity contribution in [2.24, 2.45) is 0 Å². The normalized spacial score (nSPS) is 11.0. The molecule has 96 valence electrons. The van der Waals surface area contributed by atoms with Gasteiger partial charge in [-0.1, -0.05) is 41.6 Å². The number of imidazole rings is 1. The lowest BCUT2D eigenvalue weighted by Crippen LogP contribution is -2.10. The van der Waals surface area contributed by atoms with Gasteiger partial charge in [-0.05, 0) is 12.5 Å². The van der Waals surface area contributed by atoms with Crippen LogP contribution in [0, 0.1) is 6.92 Å². The van der Waals surface area contributed by atoms with E-state index >= 15 is 0 Å². The molecule has 1 aromatic carbocycles. The first-order valence-corrected chi connectivity index (χ1v) is 6.83. The molecule has 0 unspecified atom stereocenters. The number of benzene rings is 1. The Morgan fingerprint density at radius 3 is 2.84 bits per heavy atom. The fourth-order valence-corrected chi connectivity index (χ4v) is 2.71. The first kappa shape index (κ1) is 12.0. The number of H-pyrrole nitrogens is 2. The van der Waals surface area contributed by atoms with Gasteiger partial charge in [0.25, 0.3) is 0 Å². The predicted octanol–water partition coefficient (Wildman–Crippen LogP) is 2.25. The molecule has 3 aromatic rings. The minimum Gasteiger partial charge on any atom is -0.341 e. The van der Waals surface area contributed by atoms with Gasteiger partial charge in [-0.3, -0.25) is 4.98 Å². The van der Waals surface area contributed by atoms with Crippen LogP contribution in [-0.2, 0) is 5.75 Å². The van der Waals surface area contributed by atoms with Gasteiger partial charge in [-0.15, -0.1) is 0 Å². The summed E-state index contributed by atoms with van der Waals surface area (Å²) in [6.45, 7) is 2.06. The fraction of sp³-hybridized carbons (Fsp3) is 0.154. The van der Waals surface area contributed by atoms with Crippen molar-refractivity contribution in [2.45, 2.75) is 17.7 Å². The minimum absolute atomic E-state index is 0.369. The number of aryl methyl sites for hydroxylation is 1. The van der Waals surface area contributed by atoms with Crippen molar-refractivity contribution in [3.8, 4) is 0 Å². The van der Waals surface area contributed by atoms with Crippen LogP contribution in [0.25, 0.3) is 11.2 Å². The van der Waals surface area contributed by atoms with Gasteiger partial charge in [0.05, 0.1) is 6.33 Å². The summed E-state index contributed by atoms with van der Waals surface area (Å²) >= 11 is 1.53. The largest absolute Gasteiger partial charge is 0.347 e. The number of hydrogen-bond donors (Lipinski definition) is 2. The molecule has 6 heteroatoms. The Balaban J connectivity index is 1.87. The number of hydrogen-bond acceptors (Lipinski definition) is 4. The SMILES string of the molecule is Cc1ccc(CSc2nc(=O)[nH]c3nc[nH]c23)cc1. The summed E-state index contributed by atoms with van der Waals surface area (Å²) < 4.78 is 0. The van der Waals surface area contributed by atoms with Gasteiger partial charge < -0.3 is 4.98 Å². The molecule has 0 aliphatic carbocycles. The molecular formula is C13H12N4OS. The van der Waals surface area contributed by atoms with Gasteiger partial charge in [0.15, 0.2) is 5.65 Å². The highest BCUT2D eigenvalue weighted by Crippen LogP contribution is 2.24. The molecule has 0 radical (unpaired) electrons. The molecule has 19 heavy (non-hydrogen) atoms. The van der Waals surface area contributed by atoms with Crippen molar-refractivity contribution in [3.05, 3.63) is 52.2 Å². The average Bonchev–Trinajstić information content (AvgIpc) is 2.85. The van der Waals surface area contributed by atoms with E-state index in [9.17, 15) is 4.79 Å². The number of fused-ring (bicyclic) bond motifs is 1. The molecule has 2 heterocycles. The van der Waals surface area contributed by atoms with Crippen molar-refractivity contribution in [1.82, 2.24) is 19.9 Å². The summed E-state index contributed by atoms with van der Waals surface area (Å²) in [5.74, 6) is 0.769. The number of nitrogens with one attached hydrogen (secondary N) is 2. The molecule has 0 amide bonds. The van der Waals surface area contributed by atoms with Crippen molar-refractivity contribution >= 4 is 22.9 Å². The standard InChI is InChI=1S/C13H12N4OS/c1-8-2-4-9(5-3-8)6-19-12-10-11(15-7-14-10)16-13(18)17-12/h2-5,7H,6H2,1H3,(H2,14,15,16,17,18). The van der Waals surface area contributed by atoms with Crippen LogP contribution in [0.3, 0.4) is 0 Å². The minimum atomic E-state index is -0.369. The van der Waals surface area contributed by atoms with Crippen LogP contribution in [0.15, 0.2) is 40.4 Å². The Morgan fingerprint density at radius 2 is 2.05 bits per heavy atom. The third-order valence-corrected chi connectivity index (χ3v) is 3.82. The van der Waals surface area contributed by atoms with Crippen molar-refractivity contribution in [1.29, 1.82) is 0 Å². The molecule has 2 N–H and O–H groups in total. The van der Waals surface area contributed by atoms with E-state index in [1.165, 1.54) is 22.9 Å². The maximum Gasteiger partial charge on any atom is 0.347 e. The van der Waals surface area contributed by atoms with Crippen LogP contribution in [0.4, 0.5) is 0 Å². The van der Waals surface area contributed by atoms with Gasteiger partial charge in [-0.2, -0.15) is 4.98 Å². The number of thioether (sulfide) groups is 1. The summed E-state index contributed by atoms with van der Waals surface area (Å²) in [6, 6.07) is 8.32.